The number of halogens is 3. The molecule has 11 heteroatoms. The number of nitrogens with one attached hydrogen (secondary N) is 1. The lowest BCUT2D eigenvalue weighted by Crippen LogP contribution is -2.36. The second kappa shape index (κ2) is 9.06. The van der Waals surface area contributed by atoms with Gasteiger partial charge in [0.1, 0.15) is 5.69 Å². The molecule has 1 atom stereocenters. The van der Waals surface area contributed by atoms with Crippen LogP contribution >= 0.6 is 0 Å². The molecule has 2 aliphatic rings. The molecule has 0 bridgehead atoms. The number of alkyl halides is 3. The molecule has 37 heavy (non-hydrogen) atoms. The van der Waals surface area contributed by atoms with Gasteiger partial charge in [0, 0.05) is 36.3 Å². The summed E-state index contributed by atoms with van der Waals surface area (Å²) in [6.45, 7) is -0.171. The number of carbonyl (C=O) groups is 1. The third-order valence-electron chi connectivity index (χ3n) is 6.58. The third kappa shape index (κ3) is 4.45. The number of nitrogens with zero attached hydrogens (tertiary/aromatic N) is 5. The zero-order valence-corrected chi connectivity index (χ0v) is 19.5. The lowest BCUT2D eigenvalue weighted by Gasteiger charge is -2.30. The van der Waals surface area contributed by atoms with Crippen molar-refractivity contribution in [1.29, 1.82) is 0 Å². The Morgan fingerprint density at radius 1 is 1.08 bits per heavy atom. The molecule has 6 rings (SSSR count). The van der Waals surface area contributed by atoms with Gasteiger partial charge in [0.2, 0.25) is 11.5 Å². The van der Waals surface area contributed by atoms with Gasteiger partial charge >= 0.3 is 0 Å². The largest absolute Gasteiger partial charge is 0.477 e. The van der Waals surface area contributed by atoms with Crippen LogP contribution in [0.2, 0.25) is 0 Å². The van der Waals surface area contributed by atoms with Crippen molar-refractivity contribution < 1.29 is 22.7 Å². The van der Waals surface area contributed by atoms with Crippen molar-refractivity contribution in [1.82, 2.24) is 30.2 Å². The molecule has 1 N–H and O–H groups in total. The van der Waals surface area contributed by atoms with Crippen LogP contribution in [0.15, 0.2) is 49.1 Å². The highest BCUT2D eigenvalue weighted by Gasteiger charge is 2.47. The predicted octanol–water partition coefficient (Wildman–Crippen LogP) is 4.50. The number of fused-ring (bicyclic) bond motifs is 2. The molecular weight excluding hydrogens is 485 g/mol. The molecule has 4 aromatic heterocycles. The average Bonchev–Trinajstić information content (AvgIpc) is 3.77. The van der Waals surface area contributed by atoms with E-state index in [1.165, 1.54) is 6.20 Å². The minimum Gasteiger partial charge on any atom is -0.477 e. The summed E-state index contributed by atoms with van der Waals surface area (Å²) in [5.41, 5.74) is 0.154. The lowest BCUT2D eigenvalue weighted by atomic mass is 9.91. The van der Waals surface area contributed by atoms with E-state index in [0.717, 1.165) is 30.0 Å². The molecule has 0 spiro atoms. The van der Waals surface area contributed by atoms with Gasteiger partial charge in [-0.25, -0.2) is 28.1 Å². The summed E-state index contributed by atoms with van der Waals surface area (Å²) < 4.78 is 47.0. The van der Waals surface area contributed by atoms with E-state index in [1.807, 2.05) is 12.1 Å². The van der Waals surface area contributed by atoms with Gasteiger partial charge < -0.3 is 10.1 Å². The van der Waals surface area contributed by atoms with Crippen molar-refractivity contribution in [3.8, 4) is 17.3 Å². The van der Waals surface area contributed by atoms with E-state index in [1.54, 1.807) is 24.7 Å². The van der Waals surface area contributed by atoms with Gasteiger partial charge in [-0.2, -0.15) is 0 Å². The van der Waals surface area contributed by atoms with E-state index in [4.69, 9.17) is 14.7 Å². The van der Waals surface area contributed by atoms with Crippen LogP contribution in [0.5, 0.6) is 5.88 Å². The number of hydrogen-bond acceptors (Lipinski definition) is 7. The highest BCUT2D eigenvalue weighted by molar-refractivity contribution is 5.94. The first-order valence-corrected chi connectivity index (χ1v) is 11.9. The molecule has 4 aromatic rings. The Bertz CT molecular complexity index is 1510. The average molecular weight is 506 g/mol. The molecule has 1 aliphatic heterocycles. The fraction of sp³-hybridized carbons (Fsp3) is 0.308. The van der Waals surface area contributed by atoms with Crippen molar-refractivity contribution in [2.24, 2.45) is 0 Å². The Kier molecular flexibility index (Phi) is 5.69. The number of hydrogen-bond donors (Lipinski definition) is 1. The van der Waals surface area contributed by atoms with Crippen LogP contribution < -0.4 is 10.1 Å². The maximum Gasteiger partial charge on any atom is 0.276 e. The molecular formula is C26H21F3N6O2. The lowest BCUT2D eigenvalue weighted by molar-refractivity contribution is -0.0628. The van der Waals surface area contributed by atoms with E-state index in [-0.39, 0.29) is 24.6 Å². The summed E-state index contributed by atoms with van der Waals surface area (Å²) in [7, 11) is 0. The second-order valence-corrected chi connectivity index (χ2v) is 9.19. The van der Waals surface area contributed by atoms with Crippen molar-refractivity contribution in [3.63, 3.8) is 0 Å². The summed E-state index contributed by atoms with van der Waals surface area (Å²) in [6.07, 6.45) is 4.76. The van der Waals surface area contributed by atoms with Gasteiger partial charge in [0.15, 0.2) is 0 Å². The van der Waals surface area contributed by atoms with E-state index in [2.05, 4.69) is 20.3 Å². The highest BCUT2D eigenvalue weighted by atomic mass is 19.3. The highest BCUT2D eigenvalue weighted by Crippen LogP contribution is 2.43. The molecule has 0 unspecified atom stereocenters. The molecule has 1 saturated carbocycles. The smallest absolute Gasteiger partial charge is 0.276 e. The number of ether oxygens (including phenoxy) is 1. The number of aromatic nitrogens is 5. The van der Waals surface area contributed by atoms with Crippen LogP contribution in [-0.2, 0) is 12.2 Å². The van der Waals surface area contributed by atoms with Crippen molar-refractivity contribution in [2.45, 2.75) is 43.8 Å². The maximum absolute atomic E-state index is 14.9. The van der Waals surface area contributed by atoms with E-state index < -0.39 is 30.0 Å². The zero-order chi connectivity index (χ0) is 25.6. The number of carbonyl (C=O) groups excluding carboxylic acids is 1. The molecule has 8 nitrogen and oxygen atoms in total. The standard InChI is InChI=1S/C26H21F3N6O2/c27-25(28)26(29)5-6-37-24-18(26)7-16(10-33-24)23(36)32-11-17-8-20-15(9-31-17)3-4-19(34-20)22-13-30-12-21(35-22)14-1-2-14/h3-4,7-10,12-14,25H,1-2,5-6,11H2,(H,32,36)/t26-/m1/s1. The monoisotopic (exact) mass is 506 g/mol. The second-order valence-electron chi connectivity index (χ2n) is 9.19. The molecule has 5 heterocycles. The normalized spacial score (nSPS) is 18.9. The molecule has 188 valence electrons. The molecule has 1 amide bonds. The van der Waals surface area contributed by atoms with Crippen molar-refractivity contribution in [2.75, 3.05) is 6.61 Å². The molecule has 0 radical (unpaired) electrons. The van der Waals surface area contributed by atoms with Gasteiger partial charge in [-0.05, 0) is 37.1 Å². The first-order valence-electron chi connectivity index (χ1n) is 11.9. The molecule has 0 saturated heterocycles. The van der Waals surface area contributed by atoms with Crippen molar-refractivity contribution in [3.05, 3.63) is 71.6 Å². The van der Waals surface area contributed by atoms with Gasteiger partial charge in [-0.1, -0.05) is 0 Å². The zero-order valence-electron chi connectivity index (χ0n) is 19.5. The van der Waals surface area contributed by atoms with Gasteiger partial charge in [0.05, 0.1) is 53.1 Å². The maximum atomic E-state index is 14.9. The van der Waals surface area contributed by atoms with Gasteiger partial charge in [-0.3, -0.25) is 14.8 Å². The number of amides is 1. The van der Waals surface area contributed by atoms with Crippen LogP contribution in [0.3, 0.4) is 0 Å². The fourth-order valence-corrected chi connectivity index (χ4v) is 4.30. The van der Waals surface area contributed by atoms with Gasteiger partial charge in [-0.15, -0.1) is 0 Å². The number of rotatable bonds is 6. The minimum absolute atomic E-state index is 0.0425. The summed E-state index contributed by atoms with van der Waals surface area (Å²) >= 11 is 0. The SMILES string of the molecule is O=C(NCc1cc2nc(-c3cncc(C4CC4)n3)ccc2cn1)c1cnc2c(c1)[C@@](F)(C(F)F)CCO2. The fourth-order valence-electron chi connectivity index (χ4n) is 4.30. The Balaban J connectivity index is 1.20. The first kappa shape index (κ1) is 23.3. The Morgan fingerprint density at radius 3 is 2.76 bits per heavy atom. The summed E-state index contributed by atoms with van der Waals surface area (Å²) in [5.74, 6) is -0.355. The van der Waals surface area contributed by atoms with E-state index >= 15 is 0 Å². The van der Waals surface area contributed by atoms with Crippen LogP contribution in [0.4, 0.5) is 13.2 Å². The molecule has 0 aromatic carbocycles. The minimum atomic E-state index is -3.27. The molecule has 1 aliphatic carbocycles. The van der Waals surface area contributed by atoms with E-state index in [9.17, 15) is 18.0 Å². The topological polar surface area (TPSA) is 103 Å². The summed E-state index contributed by atoms with van der Waals surface area (Å²) in [5, 5.41) is 3.49. The third-order valence-corrected chi connectivity index (χ3v) is 6.58. The van der Waals surface area contributed by atoms with Crippen LogP contribution in [-0.4, -0.2) is 43.9 Å². The van der Waals surface area contributed by atoms with Crippen LogP contribution in [0.25, 0.3) is 22.3 Å². The summed E-state index contributed by atoms with van der Waals surface area (Å²) in [6, 6.07) is 6.58. The quantitative estimate of drug-likeness (QED) is 0.411. The number of pyridine rings is 3. The Morgan fingerprint density at radius 2 is 1.95 bits per heavy atom. The first-order chi connectivity index (χ1) is 17.9. The summed E-state index contributed by atoms with van der Waals surface area (Å²) in [4.78, 5) is 34.7. The Hall–Kier alpha value is -4.15. The Labute approximate surface area is 209 Å². The van der Waals surface area contributed by atoms with Crippen LogP contribution in [0, 0.1) is 0 Å². The van der Waals surface area contributed by atoms with E-state index in [0.29, 0.717) is 28.5 Å². The van der Waals surface area contributed by atoms with Crippen molar-refractivity contribution >= 4 is 16.8 Å². The molecule has 1 fully saturated rings. The van der Waals surface area contributed by atoms with Crippen LogP contribution in [0.1, 0.15) is 52.5 Å². The predicted molar refractivity (Wildman–Crippen MR) is 127 cm³/mol. The van der Waals surface area contributed by atoms with Gasteiger partial charge in [0.25, 0.3) is 12.3 Å².